The van der Waals surface area contributed by atoms with E-state index in [1.807, 2.05) is 12.1 Å². The van der Waals surface area contributed by atoms with Gasteiger partial charge in [-0.2, -0.15) is 0 Å². The van der Waals surface area contributed by atoms with Crippen molar-refractivity contribution >= 4 is 69.9 Å². The van der Waals surface area contributed by atoms with Crippen LogP contribution in [-0.4, -0.2) is 27.8 Å². The Hall–Kier alpha value is -1.80. The lowest BCUT2D eigenvalue weighted by atomic mass is 10.2. The number of hydrogen-bond acceptors (Lipinski definition) is 4. The zero-order chi connectivity index (χ0) is 18.4. The predicted molar refractivity (Wildman–Crippen MR) is 105 cm³/mol. The molecule has 0 aliphatic carbocycles. The monoisotopic (exact) mass is 414 g/mol. The summed E-state index contributed by atoms with van der Waals surface area (Å²) in [7, 11) is 0. The van der Waals surface area contributed by atoms with Crippen LogP contribution in [-0.2, 0) is 4.79 Å². The molecule has 2 aromatic carbocycles. The van der Waals surface area contributed by atoms with Gasteiger partial charge in [-0.05, 0) is 54.7 Å². The van der Waals surface area contributed by atoms with Crippen LogP contribution in [0.2, 0.25) is 10.0 Å². The minimum Gasteiger partial charge on any atom is -0.478 e. The average molecular weight is 415 g/mol. The van der Waals surface area contributed by atoms with E-state index in [0.717, 1.165) is 4.90 Å². The molecule has 1 amide bonds. The van der Waals surface area contributed by atoms with Crippen molar-refractivity contribution in [1.29, 1.82) is 0 Å². The van der Waals surface area contributed by atoms with Gasteiger partial charge in [0, 0.05) is 9.92 Å². The largest absolute Gasteiger partial charge is 0.478 e. The number of thiocarbonyl (C=S) groups is 1. The van der Waals surface area contributed by atoms with E-state index < -0.39 is 5.97 Å². The van der Waals surface area contributed by atoms with Crippen molar-refractivity contribution in [2.75, 3.05) is 11.1 Å². The summed E-state index contributed by atoms with van der Waals surface area (Å²) < 4.78 is 0. The zero-order valence-electron chi connectivity index (χ0n) is 12.6. The first-order valence-corrected chi connectivity index (χ1v) is 9.02. The Morgan fingerprint density at radius 2 is 1.80 bits per heavy atom. The fourth-order valence-electron chi connectivity index (χ4n) is 1.75. The van der Waals surface area contributed by atoms with Crippen LogP contribution in [0.4, 0.5) is 5.69 Å². The molecular formula is C16H12Cl2N2O3S2. The molecule has 2 aromatic rings. The number of halogens is 2. The first-order chi connectivity index (χ1) is 11.8. The van der Waals surface area contributed by atoms with Crippen LogP contribution in [0.3, 0.4) is 0 Å². The number of carbonyl (C=O) groups is 2. The number of hydrogen-bond donors (Lipinski definition) is 3. The summed E-state index contributed by atoms with van der Waals surface area (Å²) in [5, 5.41) is 15.2. The van der Waals surface area contributed by atoms with Crippen molar-refractivity contribution in [3.05, 3.63) is 58.1 Å². The Morgan fingerprint density at radius 3 is 2.44 bits per heavy atom. The maximum atomic E-state index is 11.9. The molecule has 5 nitrogen and oxygen atoms in total. The van der Waals surface area contributed by atoms with Crippen LogP contribution in [0, 0.1) is 0 Å². The lowest BCUT2D eigenvalue weighted by Crippen LogP contribution is -2.35. The highest BCUT2D eigenvalue weighted by Gasteiger charge is 2.10. The van der Waals surface area contributed by atoms with E-state index in [1.54, 1.807) is 12.1 Å². The fraction of sp³-hybridized carbons (Fsp3) is 0.0625. The molecular weight excluding hydrogens is 403 g/mol. The molecule has 0 atom stereocenters. The average Bonchev–Trinajstić information content (AvgIpc) is 2.56. The smallest absolute Gasteiger partial charge is 0.335 e. The number of amides is 1. The molecule has 2 rings (SSSR count). The molecule has 0 spiro atoms. The molecule has 0 radical (unpaired) electrons. The summed E-state index contributed by atoms with van der Waals surface area (Å²) in [6.45, 7) is 0. The normalized spacial score (nSPS) is 10.2. The Bertz CT molecular complexity index is 814. The second-order valence-electron chi connectivity index (χ2n) is 4.74. The number of carboxylic acid groups (broad SMARTS) is 1. The molecule has 130 valence electrons. The first kappa shape index (κ1) is 19.5. The molecule has 0 heterocycles. The van der Waals surface area contributed by atoms with Gasteiger partial charge in [-0.3, -0.25) is 4.79 Å². The Morgan fingerprint density at radius 1 is 1.12 bits per heavy atom. The van der Waals surface area contributed by atoms with E-state index in [9.17, 15) is 9.59 Å². The summed E-state index contributed by atoms with van der Waals surface area (Å²) in [5.74, 6) is -1.23. The number of rotatable bonds is 5. The molecule has 0 aliphatic rings. The molecule has 0 fully saturated rings. The third kappa shape index (κ3) is 6.21. The number of nitrogens with one attached hydrogen (secondary N) is 2. The van der Waals surface area contributed by atoms with Gasteiger partial charge in [0.05, 0.1) is 22.0 Å². The Kier molecular flexibility index (Phi) is 7.07. The molecule has 0 aliphatic heterocycles. The van der Waals surface area contributed by atoms with E-state index in [1.165, 1.54) is 30.0 Å². The van der Waals surface area contributed by atoms with Crippen LogP contribution in [0.25, 0.3) is 0 Å². The summed E-state index contributed by atoms with van der Waals surface area (Å²) in [4.78, 5) is 23.8. The summed E-state index contributed by atoms with van der Waals surface area (Å²) in [6, 6.07) is 11.3. The van der Waals surface area contributed by atoms with Gasteiger partial charge in [0.15, 0.2) is 5.11 Å². The second-order valence-corrected chi connectivity index (χ2v) is 7.05. The number of carboxylic acids is 1. The molecule has 9 heteroatoms. The van der Waals surface area contributed by atoms with Crippen LogP contribution in [0.5, 0.6) is 0 Å². The summed E-state index contributed by atoms with van der Waals surface area (Å²) in [5.41, 5.74) is 0.358. The van der Waals surface area contributed by atoms with Crippen molar-refractivity contribution in [3.8, 4) is 0 Å². The van der Waals surface area contributed by atoms with Crippen LogP contribution in [0.15, 0.2) is 47.4 Å². The molecule has 0 saturated carbocycles. The van der Waals surface area contributed by atoms with Crippen molar-refractivity contribution in [3.63, 3.8) is 0 Å². The zero-order valence-corrected chi connectivity index (χ0v) is 15.7. The third-order valence-corrected chi connectivity index (χ3v) is 4.70. The SMILES string of the molecule is O=C(CSc1ccc(Cl)cc1)NC(=S)Nc1cc(C(=O)O)ccc1Cl. The highest BCUT2D eigenvalue weighted by Crippen LogP contribution is 2.23. The van der Waals surface area contributed by atoms with Gasteiger partial charge in [-0.1, -0.05) is 23.2 Å². The highest BCUT2D eigenvalue weighted by molar-refractivity contribution is 8.00. The van der Waals surface area contributed by atoms with Crippen molar-refractivity contribution < 1.29 is 14.7 Å². The fourth-order valence-corrected chi connectivity index (χ4v) is 2.96. The van der Waals surface area contributed by atoms with Gasteiger partial charge in [0.25, 0.3) is 0 Å². The number of anilines is 1. The second kappa shape index (κ2) is 9.05. The topological polar surface area (TPSA) is 78.4 Å². The number of benzene rings is 2. The van der Waals surface area contributed by atoms with Crippen molar-refractivity contribution in [2.24, 2.45) is 0 Å². The van der Waals surface area contributed by atoms with Gasteiger partial charge in [0.1, 0.15) is 0 Å². The van der Waals surface area contributed by atoms with E-state index in [2.05, 4.69) is 10.6 Å². The van der Waals surface area contributed by atoms with Crippen LogP contribution in [0.1, 0.15) is 10.4 Å². The molecule has 0 aromatic heterocycles. The standard InChI is InChI=1S/C16H12Cl2N2O3S2/c17-10-2-4-11(5-3-10)25-8-14(21)20-16(24)19-13-7-9(15(22)23)1-6-12(13)18/h1-7H,8H2,(H,22,23)(H2,19,20,21,24). The number of aromatic carboxylic acids is 1. The van der Waals surface area contributed by atoms with E-state index in [0.29, 0.717) is 10.7 Å². The minimum absolute atomic E-state index is 0.0335. The molecule has 25 heavy (non-hydrogen) atoms. The van der Waals surface area contributed by atoms with Gasteiger partial charge in [-0.15, -0.1) is 11.8 Å². The highest BCUT2D eigenvalue weighted by atomic mass is 35.5. The molecule has 0 saturated heterocycles. The van der Waals surface area contributed by atoms with Crippen LogP contribution < -0.4 is 10.6 Å². The number of thioether (sulfide) groups is 1. The summed E-state index contributed by atoms with van der Waals surface area (Å²) in [6.07, 6.45) is 0. The van der Waals surface area contributed by atoms with E-state index in [4.69, 9.17) is 40.5 Å². The van der Waals surface area contributed by atoms with Gasteiger partial charge < -0.3 is 15.7 Å². The number of carbonyl (C=O) groups excluding carboxylic acids is 1. The Labute approximate surface area is 163 Å². The van der Waals surface area contributed by atoms with Crippen LogP contribution >= 0.6 is 47.2 Å². The van der Waals surface area contributed by atoms with E-state index >= 15 is 0 Å². The minimum atomic E-state index is -1.09. The van der Waals surface area contributed by atoms with Gasteiger partial charge in [0.2, 0.25) is 5.91 Å². The third-order valence-electron chi connectivity index (χ3n) is 2.90. The predicted octanol–water partition coefficient (Wildman–Crippen LogP) is 4.30. The van der Waals surface area contributed by atoms with E-state index in [-0.39, 0.29) is 27.4 Å². The quantitative estimate of drug-likeness (QED) is 0.499. The van der Waals surface area contributed by atoms with Crippen molar-refractivity contribution in [1.82, 2.24) is 5.32 Å². The Balaban J connectivity index is 1.89. The summed E-state index contributed by atoms with van der Waals surface area (Å²) >= 11 is 18.2. The molecule has 0 bridgehead atoms. The molecule has 3 N–H and O–H groups in total. The van der Waals surface area contributed by atoms with Gasteiger partial charge in [-0.25, -0.2) is 4.79 Å². The maximum absolute atomic E-state index is 11.9. The van der Waals surface area contributed by atoms with Gasteiger partial charge >= 0.3 is 5.97 Å². The maximum Gasteiger partial charge on any atom is 0.335 e. The first-order valence-electron chi connectivity index (χ1n) is 6.87. The van der Waals surface area contributed by atoms with Crippen molar-refractivity contribution in [2.45, 2.75) is 4.90 Å². The lowest BCUT2D eigenvalue weighted by Gasteiger charge is -2.11. The molecule has 0 unspecified atom stereocenters. The lowest BCUT2D eigenvalue weighted by molar-refractivity contribution is -0.117.